The summed E-state index contributed by atoms with van der Waals surface area (Å²) in [6.45, 7) is 2.39. The van der Waals surface area contributed by atoms with Gasteiger partial charge in [-0.1, -0.05) is 0 Å². The Labute approximate surface area is 54.0 Å². The predicted molar refractivity (Wildman–Crippen MR) is 35.3 cm³/mol. The summed E-state index contributed by atoms with van der Waals surface area (Å²) < 4.78 is 0. The summed E-state index contributed by atoms with van der Waals surface area (Å²) >= 11 is 0. The lowest BCUT2D eigenvalue weighted by Crippen LogP contribution is -2.34. The van der Waals surface area contributed by atoms with E-state index < -0.39 is 0 Å². The molecule has 3 heteroatoms. The summed E-state index contributed by atoms with van der Waals surface area (Å²) in [5.74, 6) is -0.250. The second-order valence-corrected chi connectivity index (χ2v) is 2.65. The number of carbonyl (C=O) groups is 1. The van der Waals surface area contributed by atoms with E-state index >= 15 is 0 Å². The fourth-order valence-electron chi connectivity index (χ4n) is 0.775. The van der Waals surface area contributed by atoms with E-state index in [4.69, 9.17) is 5.73 Å². The van der Waals surface area contributed by atoms with Gasteiger partial charge in [0.05, 0.1) is 12.0 Å². The van der Waals surface area contributed by atoms with Gasteiger partial charge in [0, 0.05) is 0 Å². The standard InChI is InChI=1S/C6H10N2O/c1-6(5(7)9)2-3-8-4-6/h3H,2,4H2,1H3,(H2,7,9). The molecule has 50 valence electrons. The molecule has 1 unspecified atom stereocenters. The monoisotopic (exact) mass is 126 g/mol. The Bertz CT molecular complexity index is 154. The van der Waals surface area contributed by atoms with Gasteiger partial charge in [0.15, 0.2) is 0 Å². The van der Waals surface area contributed by atoms with Crippen molar-refractivity contribution in [2.75, 3.05) is 6.54 Å². The minimum absolute atomic E-state index is 0.250. The molecule has 0 aliphatic carbocycles. The van der Waals surface area contributed by atoms with Crippen LogP contribution >= 0.6 is 0 Å². The fourth-order valence-corrected chi connectivity index (χ4v) is 0.775. The lowest BCUT2D eigenvalue weighted by Gasteiger charge is -2.15. The molecule has 0 saturated heterocycles. The Morgan fingerprint density at radius 3 is 2.78 bits per heavy atom. The van der Waals surface area contributed by atoms with Crippen molar-refractivity contribution >= 4 is 12.1 Å². The first-order chi connectivity index (χ1) is 4.15. The molecule has 9 heavy (non-hydrogen) atoms. The van der Waals surface area contributed by atoms with Crippen LogP contribution < -0.4 is 5.73 Å². The van der Waals surface area contributed by atoms with Gasteiger partial charge in [0.2, 0.25) is 5.91 Å². The molecule has 1 amide bonds. The van der Waals surface area contributed by atoms with Crippen LogP contribution in [0.1, 0.15) is 13.3 Å². The zero-order chi connectivity index (χ0) is 6.91. The number of aliphatic imine (C=N–C) groups is 1. The molecule has 1 aliphatic heterocycles. The van der Waals surface area contributed by atoms with Gasteiger partial charge in [-0.15, -0.1) is 0 Å². The number of primary amides is 1. The second-order valence-electron chi connectivity index (χ2n) is 2.65. The zero-order valence-corrected chi connectivity index (χ0v) is 5.42. The average Bonchev–Trinajstić information content (AvgIpc) is 2.16. The molecule has 0 fully saturated rings. The molecule has 0 spiro atoms. The van der Waals surface area contributed by atoms with E-state index in [2.05, 4.69) is 4.99 Å². The summed E-state index contributed by atoms with van der Waals surface area (Å²) in [5.41, 5.74) is 4.72. The largest absolute Gasteiger partial charge is 0.369 e. The third-order valence-electron chi connectivity index (χ3n) is 1.71. The van der Waals surface area contributed by atoms with Crippen LogP contribution in [0.5, 0.6) is 0 Å². The van der Waals surface area contributed by atoms with Gasteiger partial charge in [0.25, 0.3) is 0 Å². The van der Waals surface area contributed by atoms with Crippen LogP contribution in [0.15, 0.2) is 4.99 Å². The van der Waals surface area contributed by atoms with Crippen LogP contribution in [0.3, 0.4) is 0 Å². The number of hydrogen-bond acceptors (Lipinski definition) is 2. The Balaban J connectivity index is 2.66. The molecule has 0 bridgehead atoms. The third-order valence-corrected chi connectivity index (χ3v) is 1.71. The molecule has 0 radical (unpaired) electrons. The van der Waals surface area contributed by atoms with Crippen molar-refractivity contribution in [2.45, 2.75) is 13.3 Å². The van der Waals surface area contributed by atoms with Gasteiger partial charge in [-0.2, -0.15) is 0 Å². The Morgan fingerprint density at radius 2 is 2.56 bits per heavy atom. The summed E-state index contributed by atoms with van der Waals surface area (Å²) in [6, 6.07) is 0. The number of amides is 1. The van der Waals surface area contributed by atoms with Crippen LogP contribution in [-0.2, 0) is 4.79 Å². The number of nitrogens with zero attached hydrogens (tertiary/aromatic N) is 1. The number of carbonyl (C=O) groups excluding carboxylic acids is 1. The van der Waals surface area contributed by atoms with Crippen molar-refractivity contribution in [3.63, 3.8) is 0 Å². The van der Waals surface area contributed by atoms with Gasteiger partial charge in [-0.3, -0.25) is 9.79 Å². The molecule has 1 heterocycles. The molecule has 0 aromatic heterocycles. The summed E-state index contributed by atoms with van der Waals surface area (Å²) in [4.78, 5) is 14.6. The van der Waals surface area contributed by atoms with Crippen molar-refractivity contribution in [1.82, 2.24) is 0 Å². The van der Waals surface area contributed by atoms with E-state index in [-0.39, 0.29) is 11.3 Å². The highest BCUT2D eigenvalue weighted by Crippen LogP contribution is 2.23. The molecule has 1 rings (SSSR count). The van der Waals surface area contributed by atoms with Gasteiger partial charge >= 0.3 is 0 Å². The highest BCUT2D eigenvalue weighted by Gasteiger charge is 2.32. The van der Waals surface area contributed by atoms with E-state index in [1.807, 2.05) is 6.92 Å². The molecule has 1 aliphatic rings. The molecule has 2 N–H and O–H groups in total. The lowest BCUT2D eigenvalue weighted by atomic mass is 9.89. The third kappa shape index (κ3) is 0.943. The smallest absolute Gasteiger partial charge is 0.225 e. The normalized spacial score (nSPS) is 33.0. The van der Waals surface area contributed by atoms with Gasteiger partial charge in [0.1, 0.15) is 0 Å². The Morgan fingerprint density at radius 1 is 1.89 bits per heavy atom. The number of hydrogen-bond donors (Lipinski definition) is 1. The zero-order valence-electron chi connectivity index (χ0n) is 5.42. The van der Waals surface area contributed by atoms with Crippen molar-refractivity contribution in [3.8, 4) is 0 Å². The first-order valence-electron chi connectivity index (χ1n) is 2.93. The van der Waals surface area contributed by atoms with Crippen LogP contribution in [0, 0.1) is 5.41 Å². The highest BCUT2D eigenvalue weighted by atomic mass is 16.1. The van der Waals surface area contributed by atoms with Gasteiger partial charge < -0.3 is 5.73 Å². The Kier molecular flexibility index (Phi) is 1.27. The van der Waals surface area contributed by atoms with E-state index in [1.165, 1.54) is 0 Å². The maximum absolute atomic E-state index is 10.7. The molecule has 3 nitrogen and oxygen atoms in total. The topological polar surface area (TPSA) is 55.5 Å². The van der Waals surface area contributed by atoms with Crippen LogP contribution in [0.25, 0.3) is 0 Å². The number of rotatable bonds is 1. The minimum atomic E-state index is -0.389. The van der Waals surface area contributed by atoms with E-state index in [1.54, 1.807) is 6.21 Å². The first-order valence-corrected chi connectivity index (χ1v) is 2.93. The number of nitrogens with two attached hydrogens (primary N) is 1. The molecular weight excluding hydrogens is 116 g/mol. The molecule has 1 atom stereocenters. The van der Waals surface area contributed by atoms with E-state index in [9.17, 15) is 4.79 Å². The second kappa shape index (κ2) is 1.83. The minimum Gasteiger partial charge on any atom is -0.369 e. The fraction of sp³-hybridized carbons (Fsp3) is 0.667. The first kappa shape index (κ1) is 6.26. The molecule has 0 aromatic rings. The molecule has 0 saturated carbocycles. The maximum atomic E-state index is 10.7. The Hall–Kier alpha value is -0.860. The molecular formula is C6H10N2O. The quantitative estimate of drug-likeness (QED) is 0.526. The van der Waals surface area contributed by atoms with Crippen LogP contribution in [0.4, 0.5) is 0 Å². The predicted octanol–water partition coefficient (Wildman–Crippen LogP) is -0.0475. The van der Waals surface area contributed by atoms with Crippen molar-refractivity contribution in [3.05, 3.63) is 0 Å². The summed E-state index contributed by atoms with van der Waals surface area (Å²) in [7, 11) is 0. The van der Waals surface area contributed by atoms with Gasteiger partial charge in [-0.25, -0.2) is 0 Å². The van der Waals surface area contributed by atoms with Gasteiger partial charge in [-0.05, 0) is 19.6 Å². The van der Waals surface area contributed by atoms with Crippen LogP contribution in [0.2, 0.25) is 0 Å². The maximum Gasteiger partial charge on any atom is 0.225 e. The van der Waals surface area contributed by atoms with Crippen molar-refractivity contribution in [1.29, 1.82) is 0 Å². The van der Waals surface area contributed by atoms with Crippen molar-refractivity contribution in [2.24, 2.45) is 16.1 Å². The average molecular weight is 126 g/mol. The SMILES string of the molecule is CC1(C(N)=O)CC=NC1. The lowest BCUT2D eigenvalue weighted by molar-refractivity contribution is -0.125. The summed E-state index contributed by atoms with van der Waals surface area (Å²) in [6.07, 6.45) is 2.45. The van der Waals surface area contributed by atoms with E-state index in [0.717, 1.165) is 0 Å². The van der Waals surface area contributed by atoms with Crippen LogP contribution in [-0.4, -0.2) is 18.7 Å². The summed E-state index contributed by atoms with van der Waals surface area (Å²) in [5, 5.41) is 0. The van der Waals surface area contributed by atoms with Crippen molar-refractivity contribution < 1.29 is 4.79 Å². The molecule has 0 aromatic carbocycles. The van der Waals surface area contributed by atoms with E-state index in [0.29, 0.717) is 13.0 Å². The highest BCUT2D eigenvalue weighted by molar-refractivity contribution is 5.85.